The van der Waals surface area contributed by atoms with E-state index in [1.165, 1.54) is 14.2 Å². The van der Waals surface area contributed by atoms with E-state index in [4.69, 9.17) is 9.47 Å². The molecule has 0 aromatic heterocycles. The highest BCUT2D eigenvalue weighted by atomic mass is 16.5. The maximum atomic E-state index is 12.9. The molecule has 2 aromatic rings. The quantitative estimate of drug-likeness (QED) is 0.651. The molecule has 1 aliphatic heterocycles. The molecule has 1 fully saturated rings. The van der Waals surface area contributed by atoms with Crippen molar-refractivity contribution >= 4 is 23.5 Å². The van der Waals surface area contributed by atoms with Crippen LogP contribution in [0.5, 0.6) is 11.5 Å². The molecule has 1 aliphatic rings. The highest BCUT2D eigenvalue weighted by Crippen LogP contribution is 2.26. The molecule has 158 valence electrons. The van der Waals surface area contributed by atoms with Gasteiger partial charge in [-0.2, -0.15) is 0 Å². The van der Waals surface area contributed by atoms with Crippen molar-refractivity contribution in [3.63, 3.8) is 0 Å². The van der Waals surface area contributed by atoms with E-state index in [9.17, 15) is 14.4 Å². The highest BCUT2D eigenvalue weighted by molar-refractivity contribution is 6.09. The van der Waals surface area contributed by atoms with Crippen LogP contribution in [0.3, 0.4) is 0 Å². The third-order valence-corrected chi connectivity index (χ3v) is 5.04. The Labute approximate surface area is 175 Å². The molecule has 0 aliphatic carbocycles. The SMILES string of the molecule is COc1cc(NC(=O)CN2C(=O)N[C@](C)(CCc3ccccc3)C2=O)cc(OC)c1. The summed E-state index contributed by atoms with van der Waals surface area (Å²) in [5.41, 5.74) is 0.464. The van der Waals surface area contributed by atoms with Crippen molar-refractivity contribution in [2.24, 2.45) is 0 Å². The number of carbonyl (C=O) groups is 3. The van der Waals surface area contributed by atoms with Crippen LogP contribution in [0.15, 0.2) is 48.5 Å². The lowest BCUT2D eigenvalue weighted by atomic mass is 9.93. The molecular weight excluding hydrogens is 386 g/mol. The molecule has 0 saturated carbocycles. The predicted molar refractivity (Wildman–Crippen MR) is 112 cm³/mol. The molecule has 1 saturated heterocycles. The summed E-state index contributed by atoms with van der Waals surface area (Å²) in [7, 11) is 3.01. The number of rotatable bonds is 8. The molecule has 8 heteroatoms. The Balaban J connectivity index is 1.64. The molecule has 3 rings (SSSR count). The van der Waals surface area contributed by atoms with E-state index in [0.29, 0.717) is 30.0 Å². The van der Waals surface area contributed by atoms with Gasteiger partial charge in [0.2, 0.25) is 5.91 Å². The monoisotopic (exact) mass is 411 g/mol. The first-order chi connectivity index (χ1) is 14.3. The van der Waals surface area contributed by atoms with E-state index in [-0.39, 0.29) is 6.54 Å². The standard InChI is InChI=1S/C22H25N3O5/c1-22(10-9-15-7-5-4-6-8-15)20(27)25(21(28)24-22)14-19(26)23-16-11-17(29-2)13-18(12-16)30-3/h4-8,11-13H,9-10,14H2,1-3H3,(H,23,26)(H,24,28)/t22-/m1/s1. The van der Waals surface area contributed by atoms with Crippen LogP contribution in [-0.4, -0.2) is 49.0 Å². The predicted octanol–water partition coefficient (Wildman–Crippen LogP) is 2.59. The van der Waals surface area contributed by atoms with Gasteiger partial charge in [0.25, 0.3) is 5.91 Å². The Hall–Kier alpha value is -3.55. The Morgan fingerprint density at radius 1 is 1.07 bits per heavy atom. The summed E-state index contributed by atoms with van der Waals surface area (Å²) >= 11 is 0. The summed E-state index contributed by atoms with van der Waals surface area (Å²) in [6.07, 6.45) is 1.07. The van der Waals surface area contributed by atoms with Gasteiger partial charge in [-0.1, -0.05) is 30.3 Å². The summed E-state index contributed by atoms with van der Waals surface area (Å²) in [6.45, 7) is 1.30. The fraction of sp³-hybridized carbons (Fsp3) is 0.318. The zero-order chi connectivity index (χ0) is 21.7. The van der Waals surface area contributed by atoms with E-state index in [2.05, 4.69) is 10.6 Å². The second kappa shape index (κ2) is 8.86. The average Bonchev–Trinajstić information content (AvgIpc) is 2.96. The molecule has 2 aromatic carbocycles. The van der Waals surface area contributed by atoms with E-state index in [0.717, 1.165) is 10.5 Å². The van der Waals surface area contributed by atoms with Gasteiger partial charge in [0.05, 0.1) is 14.2 Å². The van der Waals surface area contributed by atoms with Gasteiger partial charge in [0.1, 0.15) is 23.6 Å². The molecule has 1 heterocycles. The number of imide groups is 1. The lowest BCUT2D eigenvalue weighted by Crippen LogP contribution is -2.45. The van der Waals surface area contributed by atoms with Crippen LogP contribution in [0.25, 0.3) is 0 Å². The third-order valence-electron chi connectivity index (χ3n) is 5.04. The second-order valence-electron chi connectivity index (χ2n) is 7.29. The van der Waals surface area contributed by atoms with Crippen molar-refractivity contribution in [2.75, 3.05) is 26.1 Å². The first-order valence-electron chi connectivity index (χ1n) is 9.55. The van der Waals surface area contributed by atoms with E-state index >= 15 is 0 Å². The Morgan fingerprint density at radius 2 is 1.70 bits per heavy atom. The second-order valence-corrected chi connectivity index (χ2v) is 7.29. The van der Waals surface area contributed by atoms with Crippen LogP contribution in [0.1, 0.15) is 18.9 Å². The molecule has 2 N–H and O–H groups in total. The fourth-order valence-corrected chi connectivity index (χ4v) is 3.32. The van der Waals surface area contributed by atoms with Crippen LogP contribution in [-0.2, 0) is 16.0 Å². The zero-order valence-electron chi connectivity index (χ0n) is 17.2. The van der Waals surface area contributed by atoms with Gasteiger partial charge in [0.15, 0.2) is 0 Å². The van der Waals surface area contributed by atoms with Gasteiger partial charge in [-0.3, -0.25) is 14.5 Å². The molecule has 0 bridgehead atoms. The number of amides is 4. The summed E-state index contributed by atoms with van der Waals surface area (Å²) in [5, 5.41) is 5.40. The van der Waals surface area contributed by atoms with Crippen molar-refractivity contribution in [3.8, 4) is 11.5 Å². The minimum atomic E-state index is -1.05. The number of anilines is 1. The van der Waals surface area contributed by atoms with Gasteiger partial charge in [-0.05, 0) is 25.3 Å². The van der Waals surface area contributed by atoms with Crippen molar-refractivity contribution < 1.29 is 23.9 Å². The van der Waals surface area contributed by atoms with E-state index in [1.54, 1.807) is 25.1 Å². The largest absolute Gasteiger partial charge is 0.497 e. The number of aryl methyl sites for hydroxylation is 1. The van der Waals surface area contributed by atoms with Crippen molar-refractivity contribution in [1.82, 2.24) is 10.2 Å². The minimum absolute atomic E-state index is 0.384. The Morgan fingerprint density at radius 3 is 2.30 bits per heavy atom. The summed E-state index contributed by atoms with van der Waals surface area (Å²) in [6, 6.07) is 14.1. The van der Waals surface area contributed by atoms with Gasteiger partial charge in [-0.15, -0.1) is 0 Å². The normalized spacial score (nSPS) is 18.2. The Bertz CT molecular complexity index is 925. The first-order valence-corrected chi connectivity index (χ1v) is 9.55. The molecule has 4 amide bonds. The highest BCUT2D eigenvalue weighted by Gasteiger charge is 2.47. The molecule has 0 unspecified atom stereocenters. The molecular formula is C22H25N3O5. The van der Waals surface area contributed by atoms with Crippen molar-refractivity contribution in [2.45, 2.75) is 25.3 Å². The van der Waals surface area contributed by atoms with Gasteiger partial charge < -0.3 is 20.1 Å². The van der Waals surface area contributed by atoms with E-state index < -0.39 is 23.4 Å². The lowest BCUT2D eigenvalue weighted by Gasteiger charge is -2.21. The van der Waals surface area contributed by atoms with E-state index in [1.807, 2.05) is 30.3 Å². The lowest BCUT2D eigenvalue weighted by molar-refractivity contribution is -0.133. The maximum absolute atomic E-state index is 12.9. The number of urea groups is 1. The number of nitrogens with zero attached hydrogens (tertiary/aromatic N) is 1. The van der Waals surface area contributed by atoms with Crippen LogP contribution in [0.4, 0.5) is 10.5 Å². The number of ether oxygens (including phenoxy) is 2. The number of nitrogens with one attached hydrogen (secondary N) is 2. The summed E-state index contributed by atoms with van der Waals surface area (Å²) in [4.78, 5) is 38.7. The van der Waals surface area contributed by atoms with Crippen molar-refractivity contribution in [3.05, 3.63) is 54.1 Å². The third kappa shape index (κ3) is 4.71. The van der Waals surface area contributed by atoms with Crippen LogP contribution < -0.4 is 20.1 Å². The number of carbonyl (C=O) groups excluding carboxylic acids is 3. The first kappa shape index (κ1) is 21.2. The number of hydrogen-bond donors (Lipinski definition) is 2. The molecule has 1 atom stereocenters. The molecule has 8 nitrogen and oxygen atoms in total. The Kier molecular flexibility index (Phi) is 6.25. The number of benzene rings is 2. The summed E-state index contributed by atoms with van der Waals surface area (Å²) in [5.74, 6) is 0.101. The van der Waals surface area contributed by atoms with Crippen LogP contribution in [0, 0.1) is 0 Å². The molecule has 30 heavy (non-hydrogen) atoms. The van der Waals surface area contributed by atoms with Crippen LogP contribution >= 0.6 is 0 Å². The summed E-state index contributed by atoms with van der Waals surface area (Å²) < 4.78 is 10.4. The smallest absolute Gasteiger partial charge is 0.325 e. The van der Waals surface area contributed by atoms with Gasteiger partial charge in [0, 0.05) is 23.9 Å². The number of hydrogen-bond acceptors (Lipinski definition) is 5. The molecule has 0 spiro atoms. The van der Waals surface area contributed by atoms with Gasteiger partial charge >= 0.3 is 6.03 Å². The van der Waals surface area contributed by atoms with Crippen molar-refractivity contribution in [1.29, 1.82) is 0 Å². The zero-order valence-corrected chi connectivity index (χ0v) is 17.2. The van der Waals surface area contributed by atoms with Crippen LogP contribution in [0.2, 0.25) is 0 Å². The minimum Gasteiger partial charge on any atom is -0.497 e. The topological polar surface area (TPSA) is 97.0 Å². The average molecular weight is 411 g/mol. The molecule has 0 radical (unpaired) electrons. The van der Waals surface area contributed by atoms with Gasteiger partial charge in [-0.25, -0.2) is 4.79 Å². The maximum Gasteiger partial charge on any atom is 0.325 e. The number of methoxy groups -OCH3 is 2. The fourth-order valence-electron chi connectivity index (χ4n) is 3.32.